The molecular formula is C54H34N4S. The molecule has 0 unspecified atom stereocenters. The van der Waals surface area contributed by atoms with E-state index >= 15 is 0 Å². The van der Waals surface area contributed by atoms with E-state index < -0.39 is 0 Å². The first-order chi connectivity index (χ1) is 29.3. The molecule has 13 rings (SSSR count). The van der Waals surface area contributed by atoms with Gasteiger partial charge in [-0.05, 0) is 84.9 Å². The second kappa shape index (κ2) is 12.4. The van der Waals surface area contributed by atoms with Crippen molar-refractivity contribution < 1.29 is 0 Å². The highest BCUT2D eigenvalue weighted by atomic mass is 32.1. The lowest BCUT2D eigenvalue weighted by molar-refractivity contribution is 1.11. The maximum absolute atomic E-state index is 2.49. The Morgan fingerprint density at radius 3 is 0.881 bits per heavy atom. The summed E-state index contributed by atoms with van der Waals surface area (Å²) >= 11 is 1.89. The number of fused-ring (bicyclic) bond motifs is 7. The lowest BCUT2D eigenvalue weighted by atomic mass is 10.1. The molecule has 0 aliphatic rings. The lowest BCUT2D eigenvalue weighted by Gasteiger charge is -2.21. The van der Waals surface area contributed by atoms with Crippen molar-refractivity contribution in [3.05, 3.63) is 206 Å². The first kappa shape index (κ1) is 32.5. The zero-order valence-electron chi connectivity index (χ0n) is 31.8. The van der Waals surface area contributed by atoms with Crippen molar-refractivity contribution in [2.75, 3.05) is 0 Å². The number of aromatic nitrogens is 4. The van der Waals surface area contributed by atoms with E-state index in [0.29, 0.717) is 0 Å². The van der Waals surface area contributed by atoms with E-state index in [4.69, 9.17) is 0 Å². The van der Waals surface area contributed by atoms with Crippen LogP contribution in [0.5, 0.6) is 0 Å². The monoisotopic (exact) mass is 770 g/mol. The van der Waals surface area contributed by atoms with Gasteiger partial charge >= 0.3 is 0 Å². The van der Waals surface area contributed by atoms with Crippen LogP contribution in [0.15, 0.2) is 206 Å². The lowest BCUT2D eigenvalue weighted by Crippen LogP contribution is -2.06. The predicted molar refractivity (Wildman–Crippen MR) is 250 cm³/mol. The van der Waals surface area contributed by atoms with Crippen LogP contribution in [0.3, 0.4) is 0 Å². The van der Waals surface area contributed by atoms with Crippen molar-refractivity contribution in [2.45, 2.75) is 0 Å². The quantitative estimate of drug-likeness (QED) is 0.170. The van der Waals surface area contributed by atoms with Gasteiger partial charge in [0.2, 0.25) is 0 Å². The topological polar surface area (TPSA) is 19.7 Å². The smallest absolute Gasteiger partial charge is 0.0702 e. The molecule has 0 amide bonds. The minimum absolute atomic E-state index is 1.11. The summed E-state index contributed by atoms with van der Waals surface area (Å²) < 4.78 is 12.4. The van der Waals surface area contributed by atoms with E-state index in [1.807, 2.05) is 11.3 Å². The molecule has 0 saturated heterocycles. The normalized spacial score (nSPS) is 12.1. The summed E-state index contributed by atoms with van der Waals surface area (Å²) in [6.07, 6.45) is 0. The Balaban J connectivity index is 1.29. The minimum Gasteiger partial charge on any atom is -0.309 e. The SMILES string of the molecule is c1ccc(-n2c3cc(-n4c5ccccc5c5ccccc54)cc4sc5cc(-n6c7ccccc7c7ccccc76)cc(c5c43)n(-c3ccccc3)c3ccccc32)cc1. The number of thiophene rings is 1. The van der Waals surface area contributed by atoms with Crippen LogP contribution in [0.4, 0.5) is 0 Å². The highest BCUT2D eigenvalue weighted by Crippen LogP contribution is 2.46. The van der Waals surface area contributed by atoms with Gasteiger partial charge < -0.3 is 18.3 Å². The van der Waals surface area contributed by atoms with E-state index in [2.05, 4.69) is 225 Å². The van der Waals surface area contributed by atoms with E-state index in [-0.39, 0.29) is 0 Å². The van der Waals surface area contributed by atoms with Crippen molar-refractivity contribution in [1.82, 2.24) is 18.3 Å². The largest absolute Gasteiger partial charge is 0.309 e. The molecule has 0 N–H and O–H groups in total. The molecule has 0 aliphatic carbocycles. The Kier molecular flexibility index (Phi) is 6.85. The predicted octanol–water partition coefficient (Wildman–Crippen LogP) is 14.7. The van der Waals surface area contributed by atoms with E-state index in [1.54, 1.807) is 0 Å². The molecule has 59 heavy (non-hydrogen) atoms. The number of hydrogen-bond acceptors (Lipinski definition) is 1. The zero-order valence-corrected chi connectivity index (χ0v) is 32.6. The highest BCUT2D eigenvalue weighted by molar-refractivity contribution is 7.26. The van der Waals surface area contributed by atoms with E-state index in [9.17, 15) is 0 Å². The Labute approximate surface area is 342 Å². The van der Waals surface area contributed by atoms with Crippen molar-refractivity contribution in [2.24, 2.45) is 0 Å². The van der Waals surface area contributed by atoms with Gasteiger partial charge in [0.25, 0.3) is 0 Å². The van der Waals surface area contributed by atoms with Crippen molar-refractivity contribution in [1.29, 1.82) is 0 Å². The second-order valence-corrected chi connectivity index (χ2v) is 16.4. The fourth-order valence-electron chi connectivity index (χ4n) is 9.78. The fourth-order valence-corrected chi connectivity index (χ4v) is 11.0. The van der Waals surface area contributed by atoms with Crippen LogP contribution in [-0.4, -0.2) is 18.3 Å². The molecule has 0 aliphatic heterocycles. The Bertz CT molecular complexity index is 3480. The number of nitrogens with zero attached hydrogens (tertiary/aromatic N) is 4. The molecule has 0 spiro atoms. The van der Waals surface area contributed by atoms with Gasteiger partial charge in [0.05, 0.1) is 44.1 Å². The van der Waals surface area contributed by atoms with E-state index in [1.165, 1.54) is 63.8 Å². The van der Waals surface area contributed by atoms with Crippen molar-refractivity contribution in [3.63, 3.8) is 0 Å². The third kappa shape index (κ3) is 4.65. The van der Waals surface area contributed by atoms with Crippen LogP contribution >= 0.6 is 11.3 Å². The van der Waals surface area contributed by atoms with Gasteiger partial charge in [0, 0.05) is 64.5 Å². The van der Waals surface area contributed by atoms with Gasteiger partial charge in [-0.3, -0.25) is 0 Å². The minimum atomic E-state index is 1.11. The summed E-state index contributed by atoms with van der Waals surface area (Å²) in [5, 5.41) is 7.51. The third-order valence-corrected chi connectivity index (χ3v) is 13.2. The van der Waals surface area contributed by atoms with Gasteiger partial charge in [-0.25, -0.2) is 0 Å². The maximum Gasteiger partial charge on any atom is 0.0702 e. The Hall–Kier alpha value is -7.60. The van der Waals surface area contributed by atoms with Gasteiger partial charge in [-0.1, -0.05) is 121 Å². The molecule has 0 fully saturated rings. The highest BCUT2D eigenvalue weighted by Gasteiger charge is 2.23. The van der Waals surface area contributed by atoms with Crippen LogP contribution < -0.4 is 0 Å². The summed E-state index contributed by atoms with van der Waals surface area (Å²) in [5.74, 6) is 0. The van der Waals surface area contributed by atoms with Gasteiger partial charge in [0.1, 0.15) is 0 Å². The Morgan fingerprint density at radius 2 is 0.525 bits per heavy atom. The van der Waals surface area contributed by atoms with Crippen LogP contribution in [0.2, 0.25) is 0 Å². The van der Waals surface area contributed by atoms with Crippen LogP contribution in [-0.2, 0) is 0 Å². The molecule has 4 aromatic heterocycles. The summed E-state index contributed by atoms with van der Waals surface area (Å²) in [7, 11) is 0. The number of benzene rings is 9. The van der Waals surface area contributed by atoms with Crippen LogP contribution in [0.1, 0.15) is 0 Å². The summed E-state index contributed by atoms with van der Waals surface area (Å²) in [5.41, 5.74) is 13.8. The standard InChI is InChI=1S/C54H34N4S/c1-3-17-35(18-4-1)55-47-29-15-16-30-48(47)56(36-19-5-2-6-20-36)50-32-38(58-45-27-13-9-23-41(45)42-24-10-14-28-46(42)58)34-52-54(50)53-49(55)31-37(33-51(53)59-52)57-43-25-11-7-21-39(43)40-22-8-12-26-44(40)57/h1-34H. The molecule has 4 heterocycles. The van der Waals surface area contributed by atoms with Crippen LogP contribution in [0, 0.1) is 0 Å². The van der Waals surface area contributed by atoms with Gasteiger partial charge in [-0.15, -0.1) is 11.3 Å². The van der Waals surface area contributed by atoms with Crippen molar-refractivity contribution >= 4 is 97.2 Å². The number of hydrogen-bond donors (Lipinski definition) is 0. The van der Waals surface area contributed by atoms with Gasteiger partial charge in [-0.2, -0.15) is 0 Å². The summed E-state index contributed by atoms with van der Waals surface area (Å²) in [4.78, 5) is 0. The molecule has 0 radical (unpaired) electrons. The molecular weight excluding hydrogens is 737 g/mol. The Morgan fingerprint density at radius 1 is 0.237 bits per heavy atom. The molecule has 276 valence electrons. The molecule has 4 nitrogen and oxygen atoms in total. The fraction of sp³-hybridized carbons (Fsp3) is 0. The number of para-hydroxylation sites is 8. The molecule has 0 atom stereocenters. The summed E-state index contributed by atoms with van der Waals surface area (Å²) in [6.45, 7) is 0. The first-order valence-corrected chi connectivity index (χ1v) is 20.9. The third-order valence-electron chi connectivity index (χ3n) is 12.2. The maximum atomic E-state index is 2.49. The second-order valence-electron chi connectivity index (χ2n) is 15.3. The summed E-state index contributed by atoms with van der Waals surface area (Å²) in [6, 6.07) is 75.6. The average molecular weight is 771 g/mol. The molecule has 0 saturated carbocycles. The number of rotatable bonds is 4. The van der Waals surface area contributed by atoms with Crippen molar-refractivity contribution in [3.8, 4) is 22.7 Å². The zero-order chi connectivity index (χ0) is 38.6. The molecule has 13 aromatic rings. The van der Waals surface area contributed by atoms with Gasteiger partial charge in [0.15, 0.2) is 0 Å². The molecule has 9 aromatic carbocycles. The molecule has 0 bridgehead atoms. The molecule has 5 heteroatoms. The van der Waals surface area contributed by atoms with E-state index in [0.717, 1.165) is 44.8 Å². The van der Waals surface area contributed by atoms with Crippen LogP contribution in [0.25, 0.3) is 109 Å². The first-order valence-electron chi connectivity index (χ1n) is 20.1. The average Bonchev–Trinajstić information content (AvgIpc) is 3.95.